The standard InChI is InChI=1S/C22H36N4O2/c1-27-20-8-6-19(7-9-20)22(10-3-2-4-11-22)18-25-21(23)24-12-5-13-26-14-16-28-17-15-26/h6-9H,2-5,10-18H2,1H3,(H3,23,24,25). The lowest BCUT2D eigenvalue weighted by Crippen LogP contribution is -2.40. The monoisotopic (exact) mass is 388 g/mol. The normalized spacial score (nSPS) is 20.7. The molecule has 2 aliphatic rings. The number of morpholine rings is 1. The molecule has 0 radical (unpaired) electrons. The molecular formula is C22H36N4O2. The second-order valence-electron chi connectivity index (χ2n) is 8.01. The number of methoxy groups -OCH3 is 1. The van der Waals surface area contributed by atoms with Gasteiger partial charge in [0.05, 0.1) is 26.9 Å². The van der Waals surface area contributed by atoms with Crippen LogP contribution in [-0.4, -0.2) is 63.9 Å². The molecule has 3 rings (SSSR count). The number of hydrogen-bond donors (Lipinski definition) is 2. The number of hydrogen-bond acceptors (Lipinski definition) is 4. The molecule has 0 unspecified atom stereocenters. The largest absolute Gasteiger partial charge is 0.497 e. The van der Waals surface area contributed by atoms with E-state index in [-0.39, 0.29) is 5.41 Å². The van der Waals surface area contributed by atoms with Gasteiger partial charge in [-0.15, -0.1) is 0 Å². The lowest BCUT2D eigenvalue weighted by atomic mass is 9.69. The minimum Gasteiger partial charge on any atom is -0.497 e. The molecule has 1 aliphatic carbocycles. The van der Waals surface area contributed by atoms with Gasteiger partial charge in [-0.3, -0.25) is 9.89 Å². The molecule has 1 aromatic carbocycles. The van der Waals surface area contributed by atoms with Crippen molar-refractivity contribution >= 4 is 5.96 Å². The molecular weight excluding hydrogens is 352 g/mol. The molecule has 0 spiro atoms. The summed E-state index contributed by atoms with van der Waals surface area (Å²) in [5, 5.41) is 3.30. The molecule has 0 amide bonds. The van der Waals surface area contributed by atoms with Crippen LogP contribution in [0.1, 0.15) is 44.1 Å². The first kappa shape index (κ1) is 20.9. The molecule has 6 nitrogen and oxygen atoms in total. The number of guanidine groups is 1. The fourth-order valence-corrected chi connectivity index (χ4v) is 4.35. The van der Waals surface area contributed by atoms with Gasteiger partial charge in [0, 0.05) is 25.0 Å². The molecule has 1 aromatic rings. The van der Waals surface area contributed by atoms with Crippen LogP contribution in [0, 0.1) is 0 Å². The van der Waals surface area contributed by atoms with Gasteiger partial charge in [0.2, 0.25) is 0 Å². The Morgan fingerprint density at radius 1 is 1.18 bits per heavy atom. The van der Waals surface area contributed by atoms with E-state index in [1.54, 1.807) is 7.11 Å². The van der Waals surface area contributed by atoms with E-state index < -0.39 is 0 Å². The van der Waals surface area contributed by atoms with Gasteiger partial charge in [0.15, 0.2) is 5.96 Å². The maximum absolute atomic E-state index is 6.18. The highest BCUT2D eigenvalue weighted by atomic mass is 16.5. The fraction of sp³-hybridized carbons (Fsp3) is 0.682. The van der Waals surface area contributed by atoms with Crippen LogP contribution in [0.2, 0.25) is 0 Å². The summed E-state index contributed by atoms with van der Waals surface area (Å²) in [6.45, 7) is 6.47. The Morgan fingerprint density at radius 2 is 1.89 bits per heavy atom. The second-order valence-corrected chi connectivity index (χ2v) is 8.01. The van der Waals surface area contributed by atoms with Crippen molar-refractivity contribution in [3.63, 3.8) is 0 Å². The number of aliphatic imine (C=N–C) groups is 1. The third-order valence-corrected chi connectivity index (χ3v) is 6.13. The number of nitrogens with one attached hydrogen (secondary N) is 1. The van der Waals surface area contributed by atoms with Gasteiger partial charge in [-0.1, -0.05) is 31.4 Å². The molecule has 0 bridgehead atoms. The topological polar surface area (TPSA) is 72.1 Å². The van der Waals surface area contributed by atoms with Gasteiger partial charge in [0.1, 0.15) is 5.75 Å². The second kappa shape index (κ2) is 10.7. The van der Waals surface area contributed by atoms with Crippen LogP contribution >= 0.6 is 0 Å². The van der Waals surface area contributed by atoms with E-state index in [1.807, 2.05) is 0 Å². The van der Waals surface area contributed by atoms with Gasteiger partial charge >= 0.3 is 0 Å². The van der Waals surface area contributed by atoms with Crippen molar-refractivity contribution in [2.75, 3.05) is 53.0 Å². The molecule has 156 valence electrons. The van der Waals surface area contributed by atoms with E-state index >= 15 is 0 Å². The van der Waals surface area contributed by atoms with Crippen molar-refractivity contribution < 1.29 is 9.47 Å². The third kappa shape index (κ3) is 5.85. The number of nitrogens with two attached hydrogens (primary N) is 1. The molecule has 2 fully saturated rings. The zero-order chi connectivity index (χ0) is 19.7. The van der Waals surface area contributed by atoms with Crippen molar-refractivity contribution in [3.8, 4) is 5.75 Å². The highest BCUT2D eigenvalue weighted by molar-refractivity contribution is 5.77. The number of rotatable bonds is 8. The molecule has 0 aromatic heterocycles. The lowest BCUT2D eigenvalue weighted by molar-refractivity contribution is 0.0376. The quantitative estimate of drug-likeness (QED) is 0.407. The Morgan fingerprint density at radius 3 is 2.57 bits per heavy atom. The summed E-state index contributed by atoms with van der Waals surface area (Å²) in [5.74, 6) is 1.47. The summed E-state index contributed by atoms with van der Waals surface area (Å²) < 4.78 is 10.7. The minimum absolute atomic E-state index is 0.102. The highest BCUT2D eigenvalue weighted by Gasteiger charge is 2.33. The molecule has 3 N–H and O–H groups in total. The predicted molar refractivity (Wildman–Crippen MR) is 114 cm³/mol. The van der Waals surface area contributed by atoms with Crippen LogP contribution in [0.15, 0.2) is 29.3 Å². The summed E-state index contributed by atoms with van der Waals surface area (Å²) in [5.41, 5.74) is 7.64. The van der Waals surface area contributed by atoms with Crippen LogP contribution in [-0.2, 0) is 10.2 Å². The van der Waals surface area contributed by atoms with Crippen LogP contribution in [0.3, 0.4) is 0 Å². The Balaban J connectivity index is 1.51. The zero-order valence-corrected chi connectivity index (χ0v) is 17.3. The fourth-order valence-electron chi connectivity index (χ4n) is 4.35. The van der Waals surface area contributed by atoms with Gasteiger partial charge in [-0.25, -0.2) is 0 Å². The molecule has 1 saturated carbocycles. The average molecular weight is 389 g/mol. The van der Waals surface area contributed by atoms with Gasteiger partial charge in [0.25, 0.3) is 0 Å². The van der Waals surface area contributed by atoms with Crippen LogP contribution in [0.5, 0.6) is 5.75 Å². The van der Waals surface area contributed by atoms with Crippen molar-refractivity contribution in [1.82, 2.24) is 10.2 Å². The van der Waals surface area contributed by atoms with Crippen molar-refractivity contribution in [1.29, 1.82) is 0 Å². The molecule has 28 heavy (non-hydrogen) atoms. The first-order valence-electron chi connectivity index (χ1n) is 10.7. The Kier molecular flexibility index (Phi) is 7.98. The van der Waals surface area contributed by atoms with E-state index in [2.05, 4.69) is 34.5 Å². The summed E-state index contributed by atoms with van der Waals surface area (Å²) in [7, 11) is 1.71. The van der Waals surface area contributed by atoms with E-state index in [9.17, 15) is 0 Å². The van der Waals surface area contributed by atoms with Gasteiger partial charge < -0.3 is 20.5 Å². The maximum atomic E-state index is 6.18. The predicted octanol–water partition coefficient (Wildman–Crippen LogP) is 2.52. The number of ether oxygens (including phenoxy) is 2. The molecule has 1 heterocycles. The molecule has 6 heteroatoms. The molecule has 1 aliphatic heterocycles. The van der Waals surface area contributed by atoms with Gasteiger partial charge in [-0.2, -0.15) is 0 Å². The number of benzene rings is 1. The zero-order valence-electron chi connectivity index (χ0n) is 17.3. The van der Waals surface area contributed by atoms with Crippen LogP contribution in [0.25, 0.3) is 0 Å². The summed E-state index contributed by atoms with van der Waals surface area (Å²) in [4.78, 5) is 7.19. The van der Waals surface area contributed by atoms with E-state index in [0.717, 1.165) is 58.1 Å². The summed E-state index contributed by atoms with van der Waals surface area (Å²) in [6.07, 6.45) is 7.25. The average Bonchev–Trinajstić information content (AvgIpc) is 2.77. The third-order valence-electron chi connectivity index (χ3n) is 6.13. The first-order valence-corrected chi connectivity index (χ1v) is 10.7. The lowest BCUT2D eigenvalue weighted by Gasteiger charge is -2.36. The molecule has 1 saturated heterocycles. The summed E-state index contributed by atoms with van der Waals surface area (Å²) >= 11 is 0. The smallest absolute Gasteiger partial charge is 0.188 e. The highest BCUT2D eigenvalue weighted by Crippen LogP contribution is 2.40. The number of nitrogens with zero attached hydrogens (tertiary/aromatic N) is 2. The minimum atomic E-state index is 0.102. The Bertz CT molecular complexity index is 605. The van der Waals surface area contributed by atoms with Crippen LogP contribution in [0.4, 0.5) is 0 Å². The van der Waals surface area contributed by atoms with Crippen molar-refractivity contribution in [3.05, 3.63) is 29.8 Å². The van der Waals surface area contributed by atoms with E-state index in [1.165, 1.54) is 37.7 Å². The van der Waals surface area contributed by atoms with Crippen molar-refractivity contribution in [2.24, 2.45) is 10.7 Å². The maximum Gasteiger partial charge on any atom is 0.188 e. The summed E-state index contributed by atoms with van der Waals surface area (Å²) in [6, 6.07) is 8.52. The van der Waals surface area contributed by atoms with Crippen LogP contribution < -0.4 is 15.8 Å². The Hall–Kier alpha value is -1.79. The first-order chi connectivity index (χ1) is 13.7. The SMILES string of the molecule is COc1ccc(C2(CN=C(N)NCCCN3CCOCC3)CCCCC2)cc1. The van der Waals surface area contributed by atoms with Gasteiger partial charge in [-0.05, 0) is 43.5 Å². The van der Waals surface area contributed by atoms with E-state index in [4.69, 9.17) is 20.2 Å². The Labute approximate surface area is 169 Å². The molecule has 0 atom stereocenters. The van der Waals surface area contributed by atoms with E-state index in [0.29, 0.717) is 5.96 Å². The van der Waals surface area contributed by atoms with Crippen molar-refractivity contribution in [2.45, 2.75) is 43.9 Å².